The third-order valence-electron chi connectivity index (χ3n) is 8.61. The van der Waals surface area contributed by atoms with Crippen LogP contribution in [0.3, 0.4) is 0 Å². The maximum absolute atomic E-state index is 5.24. The first-order valence-electron chi connectivity index (χ1n) is 15.7. The lowest BCUT2D eigenvalue weighted by atomic mass is 9.92. The summed E-state index contributed by atoms with van der Waals surface area (Å²) in [6.45, 7) is 14.7. The van der Waals surface area contributed by atoms with Crippen LogP contribution in [0.2, 0.25) is 0 Å². The largest absolute Gasteiger partial charge is 0.264 e. The lowest BCUT2D eigenvalue weighted by Gasteiger charge is -2.12. The lowest BCUT2D eigenvalue weighted by Crippen LogP contribution is -1.99. The van der Waals surface area contributed by atoms with E-state index in [4.69, 9.17) is 4.99 Å². The molecule has 0 spiro atoms. The van der Waals surface area contributed by atoms with Crippen molar-refractivity contribution < 1.29 is 0 Å². The standard InChI is InChI=1S/C44H38N2/c1-6-33(39-13-10-24-45-29-39)20-17-32(5)43-28-41-26-40(36-18-14-30(3)15-19-36)27-42(44(41)46-43)34(7-2)21-16-31(4)37-23-22-35-11-8-9-12-38(35)25-37/h6-27,29H,1-2,28H2,3-5H3/b31-16+,32-17+,33-20+,34-21+. The van der Waals surface area contributed by atoms with Gasteiger partial charge in [0.15, 0.2) is 0 Å². The molecule has 6 rings (SSSR count). The monoisotopic (exact) mass is 594 g/mol. The van der Waals surface area contributed by atoms with E-state index in [0.717, 1.165) is 45.7 Å². The molecule has 0 N–H and O–H groups in total. The van der Waals surface area contributed by atoms with Crippen LogP contribution >= 0.6 is 0 Å². The fraction of sp³-hybridized carbons (Fsp3) is 0.0909. The molecule has 1 aromatic heterocycles. The molecule has 0 aliphatic carbocycles. The topological polar surface area (TPSA) is 25.2 Å². The molecule has 0 bridgehead atoms. The first-order chi connectivity index (χ1) is 22.4. The summed E-state index contributed by atoms with van der Waals surface area (Å²) in [5.74, 6) is 0. The van der Waals surface area contributed by atoms with E-state index >= 15 is 0 Å². The number of benzene rings is 4. The van der Waals surface area contributed by atoms with Gasteiger partial charge in [-0.1, -0.05) is 122 Å². The Hall–Kier alpha value is -5.60. The minimum absolute atomic E-state index is 0.769. The number of nitrogens with zero attached hydrogens (tertiary/aromatic N) is 2. The number of rotatable bonds is 9. The minimum Gasteiger partial charge on any atom is -0.264 e. The van der Waals surface area contributed by atoms with Gasteiger partial charge in [-0.05, 0) is 106 Å². The second kappa shape index (κ2) is 13.6. The number of pyridine rings is 1. The predicted octanol–water partition coefficient (Wildman–Crippen LogP) is 11.7. The van der Waals surface area contributed by atoms with E-state index in [9.17, 15) is 0 Å². The van der Waals surface area contributed by atoms with Gasteiger partial charge < -0.3 is 0 Å². The van der Waals surface area contributed by atoms with Crippen LogP contribution in [0.15, 0.2) is 164 Å². The first-order valence-corrected chi connectivity index (χ1v) is 15.7. The summed E-state index contributed by atoms with van der Waals surface area (Å²) in [5.41, 5.74) is 14.6. The Labute approximate surface area is 272 Å². The highest BCUT2D eigenvalue weighted by atomic mass is 14.8. The van der Waals surface area contributed by atoms with Gasteiger partial charge in [0.2, 0.25) is 0 Å². The summed E-state index contributed by atoms with van der Waals surface area (Å²) >= 11 is 0. The van der Waals surface area contributed by atoms with Crippen molar-refractivity contribution >= 4 is 38.9 Å². The van der Waals surface area contributed by atoms with E-state index in [1.165, 1.54) is 44.2 Å². The van der Waals surface area contributed by atoms with Gasteiger partial charge in [-0.2, -0.15) is 0 Å². The molecule has 0 unspecified atom stereocenters. The highest BCUT2D eigenvalue weighted by molar-refractivity contribution is 6.08. The van der Waals surface area contributed by atoms with Gasteiger partial charge in [-0.15, -0.1) is 0 Å². The fourth-order valence-corrected chi connectivity index (χ4v) is 5.82. The Morgan fingerprint density at radius 1 is 0.674 bits per heavy atom. The molecule has 1 aliphatic heterocycles. The van der Waals surface area contributed by atoms with Gasteiger partial charge in [-0.25, -0.2) is 0 Å². The second-order valence-electron chi connectivity index (χ2n) is 11.8. The zero-order chi connectivity index (χ0) is 32.0. The van der Waals surface area contributed by atoms with Crippen LogP contribution in [0.1, 0.15) is 41.7 Å². The molecule has 2 heterocycles. The minimum atomic E-state index is 0.769. The molecule has 0 fully saturated rings. The summed E-state index contributed by atoms with van der Waals surface area (Å²) in [7, 11) is 0. The number of hydrogen-bond acceptors (Lipinski definition) is 2. The molecule has 0 radical (unpaired) electrons. The normalized spacial score (nSPS) is 13.8. The van der Waals surface area contributed by atoms with Crippen LogP contribution < -0.4 is 0 Å². The zero-order valence-electron chi connectivity index (χ0n) is 26.8. The van der Waals surface area contributed by atoms with Crippen LogP contribution in [0, 0.1) is 6.92 Å². The zero-order valence-corrected chi connectivity index (χ0v) is 26.8. The van der Waals surface area contributed by atoms with Gasteiger partial charge in [0.1, 0.15) is 0 Å². The Kier molecular flexibility index (Phi) is 8.98. The van der Waals surface area contributed by atoms with Crippen LogP contribution in [0.5, 0.6) is 0 Å². The van der Waals surface area contributed by atoms with Gasteiger partial charge in [-0.3, -0.25) is 9.98 Å². The van der Waals surface area contributed by atoms with Crippen molar-refractivity contribution in [2.24, 2.45) is 4.99 Å². The molecule has 224 valence electrons. The van der Waals surface area contributed by atoms with Crippen LogP contribution in [-0.2, 0) is 6.42 Å². The number of aryl methyl sites for hydroxylation is 1. The van der Waals surface area contributed by atoms with Crippen LogP contribution in [0.4, 0.5) is 5.69 Å². The van der Waals surface area contributed by atoms with Crippen LogP contribution in [-0.4, -0.2) is 10.7 Å². The summed E-state index contributed by atoms with van der Waals surface area (Å²) in [4.78, 5) is 9.50. The third kappa shape index (κ3) is 6.57. The Balaban J connectivity index is 1.40. The summed E-state index contributed by atoms with van der Waals surface area (Å²) < 4.78 is 0. The molecular formula is C44H38N2. The van der Waals surface area contributed by atoms with E-state index in [0.29, 0.717) is 0 Å². The number of aromatic nitrogens is 1. The molecule has 46 heavy (non-hydrogen) atoms. The highest BCUT2D eigenvalue weighted by Gasteiger charge is 2.21. The van der Waals surface area contributed by atoms with Gasteiger partial charge in [0.05, 0.1) is 5.69 Å². The predicted molar refractivity (Wildman–Crippen MR) is 199 cm³/mol. The smallest absolute Gasteiger partial charge is 0.0747 e. The summed E-state index contributed by atoms with van der Waals surface area (Å²) in [5, 5.41) is 2.49. The number of fused-ring (bicyclic) bond motifs is 2. The quantitative estimate of drug-likeness (QED) is 0.156. The van der Waals surface area contributed by atoms with Gasteiger partial charge >= 0.3 is 0 Å². The van der Waals surface area contributed by atoms with Crippen molar-refractivity contribution in [2.75, 3.05) is 0 Å². The molecule has 2 heteroatoms. The number of hydrogen-bond donors (Lipinski definition) is 0. The summed E-state index contributed by atoms with van der Waals surface area (Å²) in [6.07, 6.45) is 16.8. The molecule has 0 amide bonds. The average molecular weight is 595 g/mol. The SMILES string of the molecule is C=C/C(=C\C=C(/C)C1=Nc2c(cc(-c3ccc(C)cc3)cc2/C(C=C)=C/C=C(\C)c2ccc3ccccc3c2)C1)c1cccnc1. The van der Waals surface area contributed by atoms with Crippen LogP contribution in [0.25, 0.3) is 38.6 Å². The maximum Gasteiger partial charge on any atom is 0.0747 e. The molecule has 5 aromatic rings. The van der Waals surface area contributed by atoms with Crippen molar-refractivity contribution in [3.63, 3.8) is 0 Å². The van der Waals surface area contributed by atoms with E-state index < -0.39 is 0 Å². The molecule has 0 saturated carbocycles. The molecule has 0 atom stereocenters. The Morgan fingerprint density at radius 2 is 1.41 bits per heavy atom. The number of aliphatic imine (C=N–C) groups is 1. The summed E-state index contributed by atoms with van der Waals surface area (Å²) in [6, 6.07) is 32.4. The Morgan fingerprint density at radius 3 is 2.15 bits per heavy atom. The van der Waals surface area contributed by atoms with Crippen molar-refractivity contribution in [3.05, 3.63) is 186 Å². The van der Waals surface area contributed by atoms with Crippen molar-refractivity contribution in [3.8, 4) is 11.1 Å². The van der Waals surface area contributed by atoms with Gasteiger partial charge in [0, 0.05) is 30.1 Å². The number of allylic oxidation sites excluding steroid dienone is 10. The van der Waals surface area contributed by atoms with E-state index in [2.05, 4.69) is 142 Å². The van der Waals surface area contributed by atoms with Crippen molar-refractivity contribution in [2.45, 2.75) is 27.2 Å². The maximum atomic E-state index is 5.24. The average Bonchev–Trinajstić information content (AvgIpc) is 3.54. The molecule has 1 aliphatic rings. The van der Waals surface area contributed by atoms with E-state index in [1.807, 2.05) is 30.5 Å². The fourth-order valence-electron chi connectivity index (χ4n) is 5.82. The van der Waals surface area contributed by atoms with Crippen molar-refractivity contribution in [1.82, 2.24) is 4.98 Å². The third-order valence-corrected chi connectivity index (χ3v) is 8.61. The highest BCUT2D eigenvalue weighted by Crippen LogP contribution is 2.40. The van der Waals surface area contributed by atoms with Crippen molar-refractivity contribution in [1.29, 1.82) is 0 Å². The lowest BCUT2D eigenvalue weighted by molar-refractivity contribution is 1.31. The molecule has 0 saturated heterocycles. The molecule has 4 aromatic carbocycles. The molecular weight excluding hydrogens is 556 g/mol. The first kappa shape index (κ1) is 30.4. The van der Waals surface area contributed by atoms with E-state index in [1.54, 1.807) is 6.20 Å². The van der Waals surface area contributed by atoms with Gasteiger partial charge in [0.25, 0.3) is 0 Å². The molecule has 2 nitrogen and oxygen atoms in total. The van der Waals surface area contributed by atoms with E-state index in [-0.39, 0.29) is 0 Å². The Bertz CT molecular complexity index is 2100. The second-order valence-corrected chi connectivity index (χ2v) is 11.8.